The van der Waals surface area contributed by atoms with Crippen LogP contribution in [0.15, 0.2) is 12.1 Å². The fourth-order valence-electron chi connectivity index (χ4n) is 2.26. The highest BCUT2D eigenvalue weighted by molar-refractivity contribution is 6.04. The molecule has 1 aromatic carbocycles. The Balaban J connectivity index is 2.45. The van der Waals surface area contributed by atoms with Crippen LogP contribution in [-0.4, -0.2) is 44.9 Å². The van der Waals surface area contributed by atoms with Crippen LogP contribution in [0.5, 0.6) is 11.5 Å². The van der Waals surface area contributed by atoms with Crippen LogP contribution in [0, 0.1) is 12.3 Å². The largest absolute Gasteiger partial charge is 0.496 e. The standard InChI is InChI=1S/C14H18O5/c1-9-11(17-2)5-4-10(12(9)18-3)13(16)14(6-15)7-19-8-14/h4-5,15H,6-8H2,1-3H3. The molecule has 1 fully saturated rings. The highest BCUT2D eigenvalue weighted by Gasteiger charge is 2.46. The van der Waals surface area contributed by atoms with E-state index in [4.69, 9.17) is 14.2 Å². The Morgan fingerprint density at radius 2 is 2.05 bits per heavy atom. The first-order chi connectivity index (χ1) is 9.09. The van der Waals surface area contributed by atoms with Crippen LogP contribution in [-0.2, 0) is 4.74 Å². The Hall–Kier alpha value is -1.59. The molecule has 1 aliphatic heterocycles. The van der Waals surface area contributed by atoms with Gasteiger partial charge in [-0.15, -0.1) is 0 Å². The molecule has 5 nitrogen and oxygen atoms in total. The molecule has 1 aliphatic rings. The van der Waals surface area contributed by atoms with Gasteiger partial charge in [-0.05, 0) is 19.1 Å². The van der Waals surface area contributed by atoms with Crippen LogP contribution < -0.4 is 9.47 Å². The lowest BCUT2D eigenvalue weighted by Gasteiger charge is -2.38. The second-order valence-corrected chi connectivity index (χ2v) is 4.73. The van der Waals surface area contributed by atoms with Crippen LogP contribution in [0.4, 0.5) is 0 Å². The molecule has 0 saturated carbocycles. The molecular weight excluding hydrogens is 248 g/mol. The summed E-state index contributed by atoms with van der Waals surface area (Å²) < 4.78 is 15.6. The van der Waals surface area contributed by atoms with Crippen molar-refractivity contribution >= 4 is 5.78 Å². The normalized spacial score (nSPS) is 16.6. The van der Waals surface area contributed by atoms with E-state index in [2.05, 4.69) is 0 Å². The first-order valence-corrected chi connectivity index (χ1v) is 6.04. The zero-order valence-corrected chi connectivity index (χ0v) is 11.4. The molecule has 19 heavy (non-hydrogen) atoms. The maximum Gasteiger partial charge on any atom is 0.179 e. The molecule has 0 radical (unpaired) electrons. The van der Waals surface area contributed by atoms with Crippen molar-refractivity contribution in [2.45, 2.75) is 6.92 Å². The van der Waals surface area contributed by atoms with E-state index in [1.54, 1.807) is 19.2 Å². The number of aliphatic hydroxyl groups is 1. The lowest BCUT2D eigenvalue weighted by atomic mass is 9.78. The van der Waals surface area contributed by atoms with E-state index >= 15 is 0 Å². The van der Waals surface area contributed by atoms with Crippen LogP contribution in [0.3, 0.4) is 0 Å². The number of rotatable bonds is 5. The van der Waals surface area contributed by atoms with Crippen LogP contribution in [0.1, 0.15) is 15.9 Å². The lowest BCUT2D eigenvalue weighted by molar-refractivity contribution is -0.109. The molecule has 0 amide bonds. The van der Waals surface area contributed by atoms with Gasteiger partial charge in [-0.25, -0.2) is 0 Å². The third-order valence-electron chi connectivity index (χ3n) is 3.57. The van der Waals surface area contributed by atoms with Gasteiger partial charge in [-0.1, -0.05) is 0 Å². The van der Waals surface area contributed by atoms with Crippen LogP contribution in [0.25, 0.3) is 0 Å². The van der Waals surface area contributed by atoms with E-state index < -0.39 is 5.41 Å². The molecule has 5 heteroatoms. The summed E-state index contributed by atoms with van der Waals surface area (Å²) in [5.41, 5.74) is 0.399. The summed E-state index contributed by atoms with van der Waals surface area (Å²) >= 11 is 0. The second kappa shape index (κ2) is 5.19. The first kappa shape index (κ1) is 13.8. The summed E-state index contributed by atoms with van der Waals surface area (Å²) in [5, 5.41) is 9.44. The van der Waals surface area contributed by atoms with Crippen LogP contribution >= 0.6 is 0 Å². The quantitative estimate of drug-likeness (QED) is 0.811. The van der Waals surface area contributed by atoms with Crippen molar-refractivity contribution in [2.24, 2.45) is 5.41 Å². The van der Waals surface area contributed by atoms with E-state index in [1.165, 1.54) is 7.11 Å². The van der Waals surface area contributed by atoms with E-state index in [9.17, 15) is 9.90 Å². The van der Waals surface area contributed by atoms with Crippen molar-refractivity contribution in [3.8, 4) is 11.5 Å². The highest BCUT2D eigenvalue weighted by atomic mass is 16.5. The van der Waals surface area contributed by atoms with Crippen molar-refractivity contribution in [1.82, 2.24) is 0 Å². The molecule has 0 aliphatic carbocycles. The Kier molecular flexibility index (Phi) is 3.78. The van der Waals surface area contributed by atoms with Gasteiger partial charge in [0.1, 0.15) is 16.9 Å². The minimum Gasteiger partial charge on any atom is -0.496 e. The number of ether oxygens (including phenoxy) is 3. The monoisotopic (exact) mass is 266 g/mol. The van der Waals surface area contributed by atoms with Crippen molar-refractivity contribution in [3.63, 3.8) is 0 Å². The molecule has 0 bridgehead atoms. The van der Waals surface area contributed by atoms with E-state index in [0.717, 1.165) is 5.56 Å². The third-order valence-corrected chi connectivity index (χ3v) is 3.57. The van der Waals surface area contributed by atoms with Crippen molar-refractivity contribution < 1.29 is 24.1 Å². The number of methoxy groups -OCH3 is 2. The molecule has 1 heterocycles. The topological polar surface area (TPSA) is 65.0 Å². The Morgan fingerprint density at radius 3 is 2.47 bits per heavy atom. The van der Waals surface area contributed by atoms with Gasteiger partial charge in [0, 0.05) is 5.56 Å². The van der Waals surface area contributed by atoms with Gasteiger partial charge in [0.2, 0.25) is 0 Å². The SMILES string of the molecule is COc1ccc(C(=O)C2(CO)COC2)c(OC)c1C. The van der Waals surface area contributed by atoms with Gasteiger partial charge in [0.15, 0.2) is 5.78 Å². The average Bonchev–Trinajstić information content (AvgIpc) is 2.37. The maximum atomic E-state index is 12.6. The maximum absolute atomic E-state index is 12.6. The number of Topliss-reactive ketones (excluding diaryl/α,β-unsaturated/α-hetero) is 1. The van der Waals surface area contributed by atoms with Gasteiger partial charge in [-0.3, -0.25) is 4.79 Å². The third kappa shape index (κ3) is 2.09. The minimum atomic E-state index is -0.825. The Bertz CT molecular complexity index is 485. The molecule has 1 N–H and O–H groups in total. The summed E-state index contributed by atoms with van der Waals surface area (Å²) in [5.74, 6) is 1.00. The second-order valence-electron chi connectivity index (χ2n) is 4.73. The van der Waals surface area contributed by atoms with E-state index in [0.29, 0.717) is 17.1 Å². The number of hydrogen-bond donors (Lipinski definition) is 1. The summed E-state index contributed by atoms with van der Waals surface area (Å²) in [6.45, 7) is 2.10. The predicted molar refractivity (Wildman–Crippen MR) is 69.0 cm³/mol. The average molecular weight is 266 g/mol. The van der Waals surface area contributed by atoms with Crippen molar-refractivity contribution in [3.05, 3.63) is 23.3 Å². The fraction of sp³-hybridized carbons (Fsp3) is 0.500. The number of carbonyl (C=O) groups is 1. The van der Waals surface area contributed by atoms with E-state index in [-0.39, 0.29) is 25.6 Å². The zero-order valence-electron chi connectivity index (χ0n) is 11.4. The first-order valence-electron chi connectivity index (χ1n) is 6.04. The highest BCUT2D eigenvalue weighted by Crippen LogP contribution is 2.38. The summed E-state index contributed by atoms with van der Waals surface area (Å²) in [6, 6.07) is 3.40. The number of aliphatic hydroxyl groups excluding tert-OH is 1. The number of ketones is 1. The number of benzene rings is 1. The molecule has 104 valence electrons. The smallest absolute Gasteiger partial charge is 0.179 e. The lowest BCUT2D eigenvalue weighted by Crippen LogP contribution is -2.51. The zero-order chi connectivity index (χ0) is 14.0. The molecule has 0 spiro atoms. The van der Waals surface area contributed by atoms with Crippen molar-refractivity contribution in [1.29, 1.82) is 0 Å². The summed E-state index contributed by atoms with van der Waals surface area (Å²) in [7, 11) is 3.08. The van der Waals surface area contributed by atoms with Gasteiger partial charge >= 0.3 is 0 Å². The molecule has 2 rings (SSSR count). The summed E-state index contributed by atoms with van der Waals surface area (Å²) in [4.78, 5) is 12.6. The predicted octanol–water partition coefficient (Wildman–Crippen LogP) is 1.20. The Labute approximate surface area is 112 Å². The summed E-state index contributed by atoms with van der Waals surface area (Å²) in [6.07, 6.45) is 0. The Morgan fingerprint density at radius 1 is 1.37 bits per heavy atom. The van der Waals surface area contributed by atoms with Crippen LogP contribution in [0.2, 0.25) is 0 Å². The molecule has 0 aromatic heterocycles. The van der Waals surface area contributed by atoms with Gasteiger partial charge < -0.3 is 19.3 Å². The van der Waals surface area contributed by atoms with Crippen molar-refractivity contribution in [2.75, 3.05) is 34.0 Å². The van der Waals surface area contributed by atoms with Gasteiger partial charge in [0.05, 0.1) is 39.6 Å². The van der Waals surface area contributed by atoms with E-state index in [1.807, 2.05) is 6.92 Å². The molecule has 0 unspecified atom stereocenters. The van der Waals surface area contributed by atoms with Gasteiger partial charge in [-0.2, -0.15) is 0 Å². The molecule has 1 saturated heterocycles. The molecule has 0 atom stereocenters. The molecular formula is C14H18O5. The number of carbonyl (C=O) groups excluding carboxylic acids is 1. The fourth-order valence-corrected chi connectivity index (χ4v) is 2.26. The van der Waals surface area contributed by atoms with Gasteiger partial charge in [0.25, 0.3) is 0 Å². The number of hydrogen-bond acceptors (Lipinski definition) is 5. The molecule has 1 aromatic rings. The minimum absolute atomic E-state index is 0.149.